The molecular weight excluding hydrogens is 178 g/mol. The Hall–Kier alpha value is -1.77. The number of rotatable bonds is 2. The van der Waals surface area contributed by atoms with Crippen molar-refractivity contribution in [1.82, 2.24) is 0 Å². The normalized spacial score (nSPS) is 12.2. The van der Waals surface area contributed by atoms with E-state index in [4.69, 9.17) is 9.62 Å². The Labute approximate surface area is 81.6 Å². The van der Waals surface area contributed by atoms with Crippen LogP contribution in [-0.4, -0.2) is 10.9 Å². The molecule has 0 aliphatic carbocycles. The van der Waals surface area contributed by atoms with Crippen molar-refractivity contribution in [3.8, 4) is 0 Å². The summed E-state index contributed by atoms with van der Waals surface area (Å²) in [4.78, 5) is 0. The van der Waals surface area contributed by atoms with Crippen LogP contribution in [0.2, 0.25) is 0 Å². The zero-order valence-electron chi connectivity index (χ0n) is 7.90. The molecule has 2 rings (SSSR count). The lowest BCUT2D eigenvalue weighted by molar-refractivity contribution is 0.317. The van der Waals surface area contributed by atoms with E-state index in [-0.39, 0.29) is 0 Å². The number of hydrogen-bond donors (Lipinski definition) is 1. The molecule has 0 bridgehead atoms. The number of oxime groups is 1. The zero-order chi connectivity index (χ0) is 9.97. The summed E-state index contributed by atoms with van der Waals surface area (Å²) in [5.74, 6) is 0.658. The number of hydrogen-bond acceptors (Lipinski definition) is 3. The molecule has 1 aromatic heterocycles. The summed E-state index contributed by atoms with van der Waals surface area (Å²) in [5, 5.41) is 14.0. The van der Waals surface area contributed by atoms with Crippen LogP contribution in [0.3, 0.4) is 0 Å². The Morgan fingerprint density at radius 2 is 2.21 bits per heavy atom. The van der Waals surface area contributed by atoms with Gasteiger partial charge < -0.3 is 9.62 Å². The van der Waals surface area contributed by atoms with Gasteiger partial charge in [-0.3, -0.25) is 0 Å². The first-order valence-corrected chi connectivity index (χ1v) is 4.54. The van der Waals surface area contributed by atoms with Gasteiger partial charge in [0.15, 0.2) is 5.76 Å². The van der Waals surface area contributed by atoms with Gasteiger partial charge in [0.2, 0.25) is 0 Å². The van der Waals surface area contributed by atoms with E-state index < -0.39 is 0 Å². The molecule has 2 aromatic rings. The Morgan fingerprint density at radius 3 is 2.93 bits per heavy atom. The van der Waals surface area contributed by atoms with E-state index in [2.05, 4.69) is 5.16 Å². The molecule has 3 heteroatoms. The van der Waals surface area contributed by atoms with Crippen molar-refractivity contribution in [2.45, 2.75) is 13.3 Å². The zero-order valence-corrected chi connectivity index (χ0v) is 7.90. The van der Waals surface area contributed by atoms with Gasteiger partial charge in [-0.15, -0.1) is 0 Å². The minimum Gasteiger partial charge on any atom is -0.462 e. The summed E-state index contributed by atoms with van der Waals surface area (Å²) in [6.45, 7) is 1.92. The summed E-state index contributed by atoms with van der Waals surface area (Å²) in [6.07, 6.45) is 2.32. The maximum atomic E-state index is 8.79. The van der Waals surface area contributed by atoms with Crippen LogP contribution in [-0.2, 0) is 0 Å². The van der Waals surface area contributed by atoms with Gasteiger partial charge in [0, 0.05) is 10.8 Å². The van der Waals surface area contributed by atoms with Crippen LogP contribution in [0.25, 0.3) is 10.8 Å². The van der Waals surface area contributed by atoms with E-state index in [1.807, 2.05) is 31.2 Å². The maximum absolute atomic E-state index is 8.79. The molecule has 1 N–H and O–H groups in total. The van der Waals surface area contributed by atoms with E-state index in [9.17, 15) is 0 Å². The summed E-state index contributed by atoms with van der Waals surface area (Å²) in [7, 11) is 0. The average Bonchev–Trinajstić information content (AvgIpc) is 2.65. The summed E-state index contributed by atoms with van der Waals surface area (Å²) in [5.41, 5.74) is 0.575. The number of benzene rings is 1. The summed E-state index contributed by atoms with van der Waals surface area (Å²) >= 11 is 0. The number of fused-ring (bicyclic) bond motifs is 1. The molecule has 0 spiro atoms. The van der Waals surface area contributed by atoms with E-state index in [1.54, 1.807) is 6.26 Å². The fourth-order valence-electron chi connectivity index (χ4n) is 1.49. The highest BCUT2D eigenvalue weighted by Gasteiger charge is 2.10. The average molecular weight is 189 g/mol. The minimum absolute atomic E-state index is 0.575. The molecule has 14 heavy (non-hydrogen) atoms. The van der Waals surface area contributed by atoms with Crippen LogP contribution in [0.4, 0.5) is 0 Å². The van der Waals surface area contributed by atoms with Crippen LogP contribution >= 0.6 is 0 Å². The molecule has 0 aliphatic heterocycles. The second-order valence-electron chi connectivity index (χ2n) is 3.05. The van der Waals surface area contributed by atoms with Gasteiger partial charge in [0.25, 0.3) is 0 Å². The van der Waals surface area contributed by atoms with Gasteiger partial charge in [-0.1, -0.05) is 36.3 Å². The van der Waals surface area contributed by atoms with Crippen LogP contribution in [0, 0.1) is 0 Å². The first-order valence-electron chi connectivity index (χ1n) is 4.54. The lowest BCUT2D eigenvalue weighted by Crippen LogP contribution is -1.96. The van der Waals surface area contributed by atoms with Crippen LogP contribution in [0.5, 0.6) is 0 Å². The Kier molecular flexibility index (Phi) is 2.23. The molecule has 1 aromatic carbocycles. The largest absolute Gasteiger partial charge is 0.462 e. The van der Waals surface area contributed by atoms with Crippen molar-refractivity contribution in [2.24, 2.45) is 5.16 Å². The van der Waals surface area contributed by atoms with E-state index >= 15 is 0 Å². The van der Waals surface area contributed by atoms with Gasteiger partial charge in [-0.25, -0.2) is 0 Å². The monoisotopic (exact) mass is 189 g/mol. The second kappa shape index (κ2) is 3.54. The van der Waals surface area contributed by atoms with E-state index in [0.29, 0.717) is 17.9 Å². The lowest BCUT2D eigenvalue weighted by atomic mass is 10.1. The third-order valence-electron chi connectivity index (χ3n) is 2.23. The first-order chi connectivity index (χ1) is 6.86. The van der Waals surface area contributed by atoms with Crippen molar-refractivity contribution in [1.29, 1.82) is 0 Å². The van der Waals surface area contributed by atoms with E-state index in [0.717, 1.165) is 10.8 Å². The molecule has 0 aliphatic rings. The van der Waals surface area contributed by atoms with E-state index in [1.165, 1.54) is 0 Å². The molecule has 1 heterocycles. The summed E-state index contributed by atoms with van der Waals surface area (Å²) < 4.78 is 5.37. The highest BCUT2D eigenvalue weighted by atomic mass is 16.4. The fraction of sp³-hybridized carbons (Fsp3) is 0.182. The first kappa shape index (κ1) is 8.81. The SMILES string of the molecule is CCC(=NO)c1occ2ccccc12. The highest BCUT2D eigenvalue weighted by Crippen LogP contribution is 2.22. The van der Waals surface area contributed by atoms with Gasteiger partial charge in [-0.2, -0.15) is 0 Å². The molecule has 0 saturated carbocycles. The van der Waals surface area contributed by atoms with Gasteiger partial charge in [0.05, 0.1) is 6.26 Å². The molecule has 0 fully saturated rings. The Balaban J connectivity index is 2.63. The third kappa shape index (κ3) is 1.27. The molecule has 0 unspecified atom stereocenters. The smallest absolute Gasteiger partial charge is 0.159 e. The predicted octanol–water partition coefficient (Wildman–Crippen LogP) is 3.02. The Morgan fingerprint density at radius 1 is 1.43 bits per heavy atom. The summed E-state index contributed by atoms with van der Waals surface area (Å²) in [6, 6.07) is 7.80. The molecule has 0 atom stereocenters. The second-order valence-corrected chi connectivity index (χ2v) is 3.05. The van der Waals surface area contributed by atoms with Crippen molar-refractivity contribution in [2.75, 3.05) is 0 Å². The van der Waals surface area contributed by atoms with Crippen molar-refractivity contribution >= 4 is 16.5 Å². The van der Waals surface area contributed by atoms with Gasteiger partial charge in [-0.05, 0) is 6.42 Å². The third-order valence-corrected chi connectivity index (χ3v) is 2.23. The van der Waals surface area contributed by atoms with Crippen LogP contribution in [0.1, 0.15) is 19.1 Å². The standard InChI is InChI=1S/C11H11NO2/c1-2-10(12-13)11-9-6-4-3-5-8(9)7-14-11/h3-7,13H,2H2,1H3. The predicted molar refractivity (Wildman–Crippen MR) is 54.8 cm³/mol. The minimum atomic E-state index is 0.575. The van der Waals surface area contributed by atoms with Crippen LogP contribution in [0.15, 0.2) is 40.1 Å². The molecule has 0 saturated heterocycles. The molecule has 0 amide bonds. The van der Waals surface area contributed by atoms with Crippen molar-refractivity contribution < 1.29 is 9.62 Å². The number of nitrogens with zero attached hydrogens (tertiary/aromatic N) is 1. The quantitative estimate of drug-likeness (QED) is 0.448. The molecular formula is C11H11NO2. The molecule has 72 valence electrons. The van der Waals surface area contributed by atoms with Crippen molar-refractivity contribution in [3.63, 3.8) is 0 Å². The van der Waals surface area contributed by atoms with Crippen LogP contribution < -0.4 is 0 Å². The maximum Gasteiger partial charge on any atom is 0.159 e. The fourth-order valence-corrected chi connectivity index (χ4v) is 1.49. The Bertz CT molecular complexity index is 471. The van der Waals surface area contributed by atoms with Gasteiger partial charge >= 0.3 is 0 Å². The molecule has 3 nitrogen and oxygen atoms in total. The van der Waals surface area contributed by atoms with Crippen molar-refractivity contribution in [3.05, 3.63) is 36.3 Å². The highest BCUT2D eigenvalue weighted by molar-refractivity contribution is 6.08. The topological polar surface area (TPSA) is 45.7 Å². The molecule has 0 radical (unpaired) electrons. The van der Waals surface area contributed by atoms with Gasteiger partial charge in [0.1, 0.15) is 5.71 Å². The lowest BCUT2D eigenvalue weighted by Gasteiger charge is -1.96. The number of furan rings is 1.